The lowest BCUT2D eigenvalue weighted by Crippen LogP contribution is -2.35. The molecule has 0 aliphatic heterocycles. The van der Waals surface area contributed by atoms with Crippen molar-refractivity contribution in [3.8, 4) is 0 Å². The van der Waals surface area contributed by atoms with Gasteiger partial charge in [-0.05, 0) is 44.5 Å². The fraction of sp³-hybridized carbons (Fsp3) is 0.407. The number of likely N-dealkylation sites (N-methyl/N-ethyl adjacent to an activating group) is 2. The minimum atomic E-state index is 0.225. The molecule has 0 atom stereocenters. The van der Waals surface area contributed by atoms with Crippen LogP contribution in [-0.4, -0.2) is 77.5 Å². The van der Waals surface area contributed by atoms with Crippen LogP contribution >= 0.6 is 0 Å². The summed E-state index contributed by atoms with van der Waals surface area (Å²) in [7, 11) is 0. The second-order valence-corrected chi connectivity index (χ2v) is 7.97. The van der Waals surface area contributed by atoms with Crippen molar-refractivity contribution >= 4 is 47.9 Å². The number of hydrogen-bond donors (Lipinski definition) is 0. The molecular weight excluding hydrogens is 444 g/mol. The average Bonchev–Trinajstić information content (AvgIpc) is 2.89. The molecule has 0 aliphatic rings. The Morgan fingerprint density at radius 2 is 0.800 bits per heavy atom. The Morgan fingerprint density at radius 3 is 1.09 bits per heavy atom. The molecule has 0 bridgehead atoms. The van der Waals surface area contributed by atoms with E-state index in [1.807, 2.05) is 82.0 Å². The SMILES string of the molecule is CCN(CC=O)c1ccccc1N(CC=O)CCCN(CC=O)c1ccccc1N(CC)CC=O. The van der Waals surface area contributed by atoms with Crippen LogP contribution in [0.1, 0.15) is 20.3 Å². The van der Waals surface area contributed by atoms with Crippen LogP contribution in [-0.2, 0) is 19.2 Å². The summed E-state index contributed by atoms with van der Waals surface area (Å²) in [6, 6.07) is 15.5. The zero-order valence-electron chi connectivity index (χ0n) is 20.7. The van der Waals surface area contributed by atoms with E-state index in [2.05, 4.69) is 0 Å². The van der Waals surface area contributed by atoms with Gasteiger partial charge in [-0.1, -0.05) is 24.3 Å². The number of rotatable bonds is 18. The molecule has 2 aromatic carbocycles. The highest BCUT2D eigenvalue weighted by Crippen LogP contribution is 2.31. The van der Waals surface area contributed by atoms with E-state index in [0.717, 1.165) is 47.9 Å². The molecule has 0 saturated carbocycles. The van der Waals surface area contributed by atoms with E-state index in [9.17, 15) is 19.2 Å². The summed E-state index contributed by atoms with van der Waals surface area (Å²) in [6.45, 7) is 7.52. The molecule has 0 saturated heterocycles. The van der Waals surface area contributed by atoms with Crippen molar-refractivity contribution in [3.63, 3.8) is 0 Å². The largest absolute Gasteiger partial charge is 0.363 e. The molecule has 2 aromatic rings. The maximum atomic E-state index is 11.5. The number of carbonyl (C=O) groups excluding carboxylic acids is 4. The Balaban J connectivity index is 2.24. The highest BCUT2D eigenvalue weighted by Gasteiger charge is 2.17. The smallest absolute Gasteiger partial charge is 0.139 e. The normalized spacial score (nSPS) is 10.3. The predicted molar refractivity (Wildman–Crippen MR) is 142 cm³/mol. The lowest BCUT2D eigenvalue weighted by Gasteiger charge is -2.32. The van der Waals surface area contributed by atoms with Crippen LogP contribution in [0.4, 0.5) is 22.7 Å². The molecule has 0 heterocycles. The van der Waals surface area contributed by atoms with Gasteiger partial charge in [0.15, 0.2) is 0 Å². The van der Waals surface area contributed by atoms with Crippen LogP contribution in [0.25, 0.3) is 0 Å². The van der Waals surface area contributed by atoms with E-state index in [4.69, 9.17) is 0 Å². The first kappa shape index (κ1) is 27.6. The molecule has 0 aromatic heterocycles. The van der Waals surface area contributed by atoms with Crippen molar-refractivity contribution in [3.05, 3.63) is 48.5 Å². The van der Waals surface area contributed by atoms with Gasteiger partial charge < -0.3 is 38.8 Å². The molecule has 0 amide bonds. The number of carbonyl (C=O) groups is 4. The number of hydrogen-bond acceptors (Lipinski definition) is 8. The maximum absolute atomic E-state index is 11.5. The van der Waals surface area contributed by atoms with Crippen molar-refractivity contribution < 1.29 is 19.2 Å². The molecule has 2 rings (SSSR count). The number of anilines is 4. The van der Waals surface area contributed by atoms with Crippen molar-refractivity contribution in [1.29, 1.82) is 0 Å². The van der Waals surface area contributed by atoms with Gasteiger partial charge in [-0.3, -0.25) is 0 Å². The Morgan fingerprint density at radius 1 is 0.514 bits per heavy atom. The molecule has 188 valence electrons. The highest BCUT2D eigenvalue weighted by molar-refractivity contribution is 5.78. The summed E-state index contributed by atoms with van der Waals surface area (Å²) in [5.41, 5.74) is 3.61. The number of para-hydroxylation sites is 4. The molecule has 0 N–H and O–H groups in total. The van der Waals surface area contributed by atoms with Gasteiger partial charge in [-0.2, -0.15) is 0 Å². The zero-order chi connectivity index (χ0) is 25.5. The minimum absolute atomic E-state index is 0.225. The molecule has 0 spiro atoms. The van der Waals surface area contributed by atoms with Gasteiger partial charge in [0.05, 0.1) is 48.9 Å². The molecule has 35 heavy (non-hydrogen) atoms. The Kier molecular flexibility index (Phi) is 12.0. The second kappa shape index (κ2) is 15.3. The van der Waals surface area contributed by atoms with Crippen LogP contribution in [0, 0.1) is 0 Å². The standard InChI is InChI=1S/C27H36N4O4/c1-3-28(16-20-32)24-10-5-7-12-26(24)30(18-22-34)14-9-15-31(19-23-35)27-13-8-6-11-25(27)29(4-2)17-21-33/h5-8,10-13,20-23H,3-4,9,14-19H2,1-2H3. The Labute approximate surface area is 208 Å². The second-order valence-electron chi connectivity index (χ2n) is 7.97. The lowest BCUT2D eigenvalue weighted by atomic mass is 10.2. The van der Waals surface area contributed by atoms with Crippen molar-refractivity contribution in [2.45, 2.75) is 20.3 Å². The third kappa shape index (κ3) is 7.67. The van der Waals surface area contributed by atoms with Crippen molar-refractivity contribution in [1.82, 2.24) is 0 Å². The van der Waals surface area contributed by atoms with E-state index in [1.54, 1.807) is 0 Å². The molecule has 0 aliphatic carbocycles. The zero-order valence-corrected chi connectivity index (χ0v) is 20.7. The summed E-state index contributed by atoms with van der Waals surface area (Å²) in [5.74, 6) is 0. The number of nitrogens with zero attached hydrogens (tertiary/aromatic N) is 4. The first-order valence-corrected chi connectivity index (χ1v) is 12.1. The van der Waals surface area contributed by atoms with E-state index in [1.165, 1.54) is 0 Å². The minimum Gasteiger partial charge on any atom is -0.363 e. The summed E-state index contributed by atoms with van der Waals surface area (Å²) < 4.78 is 0. The summed E-state index contributed by atoms with van der Waals surface area (Å²) in [5, 5.41) is 0. The fourth-order valence-corrected chi connectivity index (χ4v) is 4.23. The number of aldehydes is 4. The van der Waals surface area contributed by atoms with Crippen LogP contribution in [0.2, 0.25) is 0 Å². The molecule has 0 fully saturated rings. The lowest BCUT2D eigenvalue weighted by molar-refractivity contribution is -0.107. The van der Waals surface area contributed by atoms with Crippen molar-refractivity contribution in [2.75, 3.05) is 72.0 Å². The van der Waals surface area contributed by atoms with Gasteiger partial charge in [-0.25, -0.2) is 0 Å². The van der Waals surface area contributed by atoms with Gasteiger partial charge in [0, 0.05) is 26.2 Å². The van der Waals surface area contributed by atoms with Gasteiger partial charge in [0.2, 0.25) is 0 Å². The van der Waals surface area contributed by atoms with E-state index in [0.29, 0.717) is 32.6 Å². The molecule has 8 heteroatoms. The predicted octanol–water partition coefficient (Wildman–Crippen LogP) is 2.84. The molecule has 0 radical (unpaired) electrons. The third-order valence-corrected chi connectivity index (χ3v) is 5.93. The molecular formula is C27H36N4O4. The quantitative estimate of drug-likeness (QED) is 0.301. The fourth-order valence-electron chi connectivity index (χ4n) is 4.23. The average molecular weight is 481 g/mol. The highest BCUT2D eigenvalue weighted by atomic mass is 16.1. The summed E-state index contributed by atoms with van der Waals surface area (Å²) >= 11 is 0. The third-order valence-electron chi connectivity index (χ3n) is 5.93. The number of benzene rings is 2. The van der Waals surface area contributed by atoms with Gasteiger partial charge in [0.1, 0.15) is 25.1 Å². The molecule has 8 nitrogen and oxygen atoms in total. The Bertz CT molecular complexity index is 877. The van der Waals surface area contributed by atoms with E-state index < -0.39 is 0 Å². The van der Waals surface area contributed by atoms with Crippen LogP contribution in [0.3, 0.4) is 0 Å². The van der Waals surface area contributed by atoms with Gasteiger partial charge in [0.25, 0.3) is 0 Å². The van der Waals surface area contributed by atoms with E-state index >= 15 is 0 Å². The Hall–Kier alpha value is -3.68. The van der Waals surface area contributed by atoms with Crippen LogP contribution in [0.5, 0.6) is 0 Å². The maximum Gasteiger partial charge on any atom is 0.139 e. The monoisotopic (exact) mass is 480 g/mol. The van der Waals surface area contributed by atoms with Gasteiger partial charge >= 0.3 is 0 Å². The molecule has 0 unspecified atom stereocenters. The van der Waals surface area contributed by atoms with Gasteiger partial charge in [-0.15, -0.1) is 0 Å². The summed E-state index contributed by atoms with van der Waals surface area (Å²) in [4.78, 5) is 53.3. The first-order valence-electron chi connectivity index (χ1n) is 12.1. The topological polar surface area (TPSA) is 81.2 Å². The van der Waals surface area contributed by atoms with E-state index in [-0.39, 0.29) is 26.2 Å². The van der Waals surface area contributed by atoms with Crippen LogP contribution in [0.15, 0.2) is 48.5 Å². The van der Waals surface area contributed by atoms with Crippen molar-refractivity contribution in [2.24, 2.45) is 0 Å². The summed E-state index contributed by atoms with van der Waals surface area (Å²) in [6.07, 6.45) is 4.21. The van der Waals surface area contributed by atoms with Crippen LogP contribution < -0.4 is 19.6 Å². The first-order chi connectivity index (χ1) is 17.1.